The Morgan fingerprint density at radius 2 is 2.33 bits per heavy atom. The summed E-state index contributed by atoms with van der Waals surface area (Å²) < 4.78 is 21.6. The van der Waals surface area contributed by atoms with Crippen LogP contribution in [0.15, 0.2) is 4.47 Å². The highest BCUT2D eigenvalue weighted by Gasteiger charge is 2.11. The normalized spacial score (nSPS) is 13.3. The fourth-order valence-electron chi connectivity index (χ4n) is 0.954. The highest BCUT2D eigenvalue weighted by atomic mass is 79.9. The number of nitrogens with zero attached hydrogens (tertiary/aromatic N) is 2. The van der Waals surface area contributed by atoms with Crippen molar-refractivity contribution in [2.75, 3.05) is 0 Å². The Bertz CT molecular complexity index is 324. The van der Waals surface area contributed by atoms with Gasteiger partial charge in [-0.15, -0.1) is 0 Å². The van der Waals surface area contributed by atoms with E-state index >= 15 is 0 Å². The minimum atomic E-state index is -1.81. The number of hydrogen-bond donors (Lipinski definition) is 1. The first kappa shape index (κ1) is 9.88. The van der Waals surface area contributed by atoms with Gasteiger partial charge in [-0.3, -0.25) is 4.68 Å². The molecule has 0 aromatic carbocycles. The molecule has 0 aliphatic rings. The molecule has 0 bridgehead atoms. The van der Waals surface area contributed by atoms with Gasteiger partial charge in [0, 0.05) is 7.05 Å². The van der Waals surface area contributed by atoms with E-state index in [1.165, 1.54) is 0 Å². The standard InChI is InChI=1S/C6H9BrN2O2S/c1-4-6(7)5(3-12(10)11)9(2)8-4/h3H2,1-2H3,(H,10,11). The molecular weight excluding hydrogens is 244 g/mol. The summed E-state index contributed by atoms with van der Waals surface area (Å²) >= 11 is 1.49. The summed E-state index contributed by atoms with van der Waals surface area (Å²) in [6, 6.07) is 0. The predicted octanol–water partition coefficient (Wildman–Crippen LogP) is 1.21. The van der Waals surface area contributed by atoms with E-state index < -0.39 is 11.1 Å². The van der Waals surface area contributed by atoms with E-state index in [9.17, 15) is 4.21 Å². The molecule has 1 N–H and O–H groups in total. The van der Waals surface area contributed by atoms with Crippen LogP contribution < -0.4 is 0 Å². The maximum atomic E-state index is 10.5. The van der Waals surface area contributed by atoms with Gasteiger partial charge in [0.2, 0.25) is 0 Å². The van der Waals surface area contributed by atoms with Gasteiger partial charge >= 0.3 is 0 Å². The average Bonchev–Trinajstić information content (AvgIpc) is 2.16. The Labute approximate surface area is 81.4 Å². The summed E-state index contributed by atoms with van der Waals surface area (Å²) in [5, 5.41) is 4.09. The van der Waals surface area contributed by atoms with E-state index in [1.807, 2.05) is 6.92 Å². The third-order valence-electron chi connectivity index (χ3n) is 1.52. The second-order valence-electron chi connectivity index (χ2n) is 2.44. The Morgan fingerprint density at radius 1 is 1.75 bits per heavy atom. The van der Waals surface area contributed by atoms with Gasteiger partial charge in [0.25, 0.3) is 0 Å². The molecular formula is C6H9BrN2O2S. The molecule has 0 amide bonds. The summed E-state index contributed by atoms with van der Waals surface area (Å²) in [6.45, 7) is 1.84. The second kappa shape index (κ2) is 3.68. The predicted molar refractivity (Wildman–Crippen MR) is 50.1 cm³/mol. The van der Waals surface area contributed by atoms with Crippen LogP contribution in [0.2, 0.25) is 0 Å². The highest BCUT2D eigenvalue weighted by molar-refractivity contribution is 9.10. The largest absolute Gasteiger partial charge is 0.306 e. The SMILES string of the molecule is Cc1nn(C)c(CS(=O)O)c1Br. The minimum Gasteiger partial charge on any atom is -0.306 e. The zero-order valence-electron chi connectivity index (χ0n) is 6.74. The van der Waals surface area contributed by atoms with Gasteiger partial charge in [-0.05, 0) is 22.9 Å². The van der Waals surface area contributed by atoms with E-state index in [2.05, 4.69) is 21.0 Å². The van der Waals surface area contributed by atoms with E-state index in [0.29, 0.717) is 0 Å². The number of halogens is 1. The van der Waals surface area contributed by atoms with Crippen LogP contribution in [0.1, 0.15) is 11.4 Å². The lowest BCUT2D eigenvalue weighted by Gasteiger charge is -1.97. The quantitative estimate of drug-likeness (QED) is 0.806. The van der Waals surface area contributed by atoms with Crippen LogP contribution in [0, 0.1) is 6.92 Å². The van der Waals surface area contributed by atoms with Crippen LogP contribution in [0.3, 0.4) is 0 Å². The molecule has 0 saturated heterocycles. The van der Waals surface area contributed by atoms with Crippen molar-refractivity contribution in [3.8, 4) is 0 Å². The first-order valence-corrected chi connectivity index (χ1v) is 5.34. The summed E-state index contributed by atoms with van der Waals surface area (Å²) in [5.41, 5.74) is 1.58. The lowest BCUT2D eigenvalue weighted by Crippen LogP contribution is -2.02. The Balaban J connectivity index is 3.05. The molecule has 0 aliphatic carbocycles. The van der Waals surface area contributed by atoms with Gasteiger partial charge in [-0.1, -0.05) is 0 Å². The van der Waals surface area contributed by atoms with Crippen molar-refractivity contribution < 1.29 is 8.76 Å². The molecule has 0 radical (unpaired) electrons. The second-order valence-corrected chi connectivity index (χ2v) is 4.16. The van der Waals surface area contributed by atoms with Crippen molar-refractivity contribution in [3.05, 3.63) is 15.9 Å². The third kappa shape index (κ3) is 1.94. The number of aromatic nitrogens is 2. The van der Waals surface area contributed by atoms with Gasteiger partial charge in [-0.2, -0.15) is 5.10 Å². The molecule has 1 heterocycles. The molecule has 1 aromatic rings. The van der Waals surface area contributed by atoms with Crippen LogP contribution in [-0.2, 0) is 23.9 Å². The maximum Gasteiger partial charge on any atom is 0.158 e. The van der Waals surface area contributed by atoms with Gasteiger partial charge in [-0.25, -0.2) is 4.21 Å². The minimum absolute atomic E-state index is 0.109. The molecule has 0 aliphatic heterocycles. The Morgan fingerprint density at radius 3 is 2.67 bits per heavy atom. The zero-order valence-corrected chi connectivity index (χ0v) is 9.15. The molecule has 1 rings (SSSR count). The first-order valence-electron chi connectivity index (χ1n) is 3.27. The van der Waals surface area contributed by atoms with Crippen molar-refractivity contribution in [2.24, 2.45) is 7.05 Å². The topological polar surface area (TPSA) is 55.1 Å². The van der Waals surface area contributed by atoms with E-state index in [0.717, 1.165) is 15.9 Å². The van der Waals surface area contributed by atoms with Gasteiger partial charge in [0.1, 0.15) is 0 Å². The highest BCUT2D eigenvalue weighted by Crippen LogP contribution is 2.20. The monoisotopic (exact) mass is 252 g/mol. The molecule has 6 heteroatoms. The maximum absolute atomic E-state index is 10.5. The van der Waals surface area contributed by atoms with E-state index in [-0.39, 0.29) is 5.75 Å². The lowest BCUT2D eigenvalue weighted by atomic mass is 10.4. The van der Waals surface area contributed by atoms with Crippen LogP contribution >= 0.6 is 15.9 Å². The van der Waals surface area contributed by atoms with Crippen LogP contribution in [-0.4, -0.2) is 18.5 Å². The van der Waals surface area contributed by atoms with E-state index in [4.69, 9.17) is 4.55 Å². The molecule has 1 atom stereocenters. The molecule has 1 aromatic heterocycles. The molecule has 0 spiro atoms. The molecule has 4 nitrogen and oxygen atoms in total. The summed E-state index contributed by atoms with van der Waals surface area (Å²) in [6.07, 6.45) is 0. The van der Waals surface area contributed by atoms with Crippen molar-refractivity contribution in [3.63, 3.8) is 0 Å². The number of hydrogen-bond acceptors (Lipinski definition) is 2. The van der Waals surface area contributed by atoms with Crippen molar-refractivity contribution in [1.82, 2.24) is 9.78 Å². The van der Waals surface area contributed by atoms with Crippen molar-refractivity contribution in [2.45, 2.75) is 12.7 Å². The molecule has 12 heavy (non-hydrogen) atoms. The zero-order chi connectivity index (χ0) is 9.30. The third-order valence-corrected chi connectivity index (χ3v) is 3.07. The smallest absolute Gasteiger partial charge is 0.158 e. The number of aryl methyl sites for hydroxylation is 2. The Hall–Kier alpha value is -0.200. The summed E-state index contributed by atoms with van der Waals surface area (Å²) in [5.74, 6) is 0.109. The van der Waals surface area contributed by atoms with Crippen molar-refractivity contribution in [1.29, 1.82) is 0 Å². The van der Waals surface area contributed by atoms with Gasteiger partial charge < -0.3 is 4.55 Å². The molecule has 0 saturated carbocycles. The van der Waals surface area contributed by atoms with Gasteiger partial charge in [0.15, 0.2) is 11.1 Å². The van der Waals surface area contributed by atoms with Crippen LogP contribution in [0.5, 0.6) is 0 Å². The summed E-state index contributed by atoms with van der Waals surface area (Å²) in [7, 11) is 1.75. The number of rotatable bonds is 2. The average molecular weight is 253 g/mol. The molecule has 0 fully saturated rings. The fourth-order valence-corrected chi connectivity index (χ4v) is 2.18. The van der Waals surface area contributed by atoms with Crippen molar-refractivity contribution >= 4 is 27.0 Å². The van der Waals surface area contributed by atoms with Crippen LogP contribution in [0.4, 0.5) is 0 Å². The molecule has 68 valence electrons. The van der Waals surface area contributed by atoms with Gasteiger partial charge in [0.05, 0.1) is 21.6 Å². The first-order chi connectivity index (χ1) is 5.52. The summed E-state index contributed by atoms with van der Waals surface area (Å²) in [4.78, 5) is 0. The Kier molecular flexibility index (Phi) is 3.03. The fraction of sp³-hybridized carbons (Fsp3) is 0.500. The molecule has 1 unspecified atom stereocenters. The lowest BCUT2D eigenvalue weighted by molar-refractivity contribution is 0.560. The van der Waals surface area contributed by atoms with Crippen LogP contribution in [0.25, 0.3) is 0 Å². The van der Waals surface area contributed by atoms with E-state index in [1.54, 1.807) is 11.7 Å².